The molecule has 0 heterocycles. The molecular weight excluding hydrogens is 144 g/mol. The standard InChI is InChI=1S/C12H18/c1-6-2-3-8-11(6)10-5-7-4-9(7)12(8)10/h6-12H,2-5H2,1H3/t6-,7+,8-,9+,10+,11+,12+/m1/s1. The van der Waals surface area contributed by atoms with E-state index in [0.717, 1.165) is 5.92 Å². The van der Waals surface area contributed by atoms with E-state index < -0.39 is 0 Å². The fraction of sp³-hybridized carbons (Fsp3) is 1.00. The largest absolute Gasteiger partial charge is 0.0622 e. The van der Waals surface area contributed by atoms with E-state index in [0.29, 0.717) is 0 Å². The molecule has 0 aliphatic heterocycles. The van der Waals surface area contributed by atoms with Crippen molar-refractivity contribution in [3.8, 4) is 0 Å². The minimum Gasteiger partial charge on any atom is -0.0622 e. The lowest BCUT2D eigenvalue weighted by atomic mass is 9.56. The van der Waals surface area contributed by atoms with Gasteiger partial charge in [0.25, 0.3) is 0 Å². The summed E-state index contributed by atoms with van der Waals surface area (Å²) in [5.41, 5.74) is 0. The van der Waals surface area contributed by atoms with Crippen LogP contribution in [0, 0.1) is 41.4 Å². The molecule has 4 aliphatic carbocycles. The first-order chi connectivity index (χ1) is 5.86. The highest BCUT2D eigenvalue weighted by atomic mass is 14.7. The molecule has 4 fully saturated rings. The normalized spacial score (nSPS) is 71.2. The van der Waals surface area contributed by atoms with Crippen molar-refractivity contribution >= 4 is 0 Å². The molecule has 0 nitrogen and oxygen atoms in total. The Bertz CT molecular complexity index is 216. The summed E-state index contributed by atoms with van der Waals surface area (Å²) in [7, 11) is 0. The van der Waals surface area contributed by atoms with Crippen LogP contribution < -0.4 is 0 Å². The Morgan fingerprint density at radius 2 is 1.67 bits per heavy atom. The van der Waals surface area contributed by atoms with E-state index in [1.54, 1.807) is 25.7 Å². The van der Waals surface area contributed by atoms with Gasteiger partial charge in [-0.15, -0.1) is 0 Å². The molecule has 0 N–H and O–H groups in total. The van der Waals surface area contributed by atoms with E-state index in [9.17, 15) is 0 Å². The second-order valence-corrected chi connectivity index (χ2v) is 5.93. The summed E-state index contributed by atoms with van der Waals surface area (Å²) in [6, 6.07) is 0. The van der Waals surface area contributed by atoms with Crippen molar-refractivity contribution in [3.63, 3.8) is 0 Å². The van der Waals surface area contributed by atoms with Gasteiger partial charge in [-0.3, -0.25) is 0 Å². The summed E-state index contributed by atoms with van der Waals surface area (Å²) in [4.78, 5) is 0. The van der Waals surface area contributed by atoms with Crippen molar-refractivity contribution in [1.29, 1.82) is 0 Å². The van der Waals surface area contributed by atoms with Crippen molar-refractivity contribution in [2.24, 2.45) is 41.4 Å². The Hall–Kier alpha value is 0. The molecule has 0 unspecified atom stereocenters. The molecule has 0 saturated heterocycles. The maximum absolute atomic E-state index is 2.50. The first-order valence-electron chi connectivity index (χ1n) is 5.86. The van der Waals surface area contributed by atoms with Crippen molar-refractivity contribution in [3.05, 3.63) is 0 Å². The summed E-state index contributed by atoms with van der Waals surface area (Å²) < 4.78 is 0. The second kappa shape index (κ2) is 1.76. The molecule has 4 aliphatic rings. The topological polar surface area (TPSA) is 0 Å². The monoisotopic (exact) mass is 162 g/mol. The highest BCUT2D eigenvalue weighted by molar-refractivity contribution is 5.15. The number of hydrogen-bond acceptors (Lipinski definition) is 0. The first kappa shape index (κ1) is 6.45. The van der Waals surface area contributed by atoms with E-state index in [4.69, 9.17) is 0 Å². The predicted octanol–water partition coefficient (Wildman–Crippen LogP) is 2.93. The number of hydrogen-bond donors (Lipinski definition) is 0. The fourth-order valence-electron chi connectivity index (χ4n) is 5.19. The van der Waals surface area contributed by atoms with E-state index in [2.05, 4.69) is 6.92 Å². The van der Waals surface area contributed by atoms with Crippen LogP contribution in [0.25, 0.3) is 0 Å². The van der Waals surface area contributed by atoms with Crippen LogP contribution >= 0.6 is 0 Å². The third kappa shape index (κ3) is 0.533. The lowest BCUT2D eigenvalue weighted by Gasteiger charge is -2.49. The lowest BCUT2D eigenvalue weighted by Crippen LogP contribution is -2.44. The maximum atomic E-state index is 2.50. The van der Waals surface area contributed by atoms with Gasteiger partial charge < -0.3 is 0 Å². The molecule has 12 heavy (non-hydrogen) atoms. The fourth-order valence-corrected chi connectivity index (χ4v) is 5.19. The van der Waals surface area contributed by atoms with Crippen LogP contribution in [0.2, 0.25) is 0 Å². The van der Waals surface area contributed by atoms with Gasteiger partial charge in [0.05, 0.1) is 0 Å². The lowest BCUT2D eigenvalue weighted by molar-refractivity contribution is -0.0122. The smallest absolute Gasteiger partial charge is 0.0320 e. The predicted molar refractivity (Wildman–Crippen MR) is 48.6 cm³/mol. The van der Waals surface area contributed by atoms with Crippen LogP contribution in [0.15, 0.2) is 0 Å². The molecule has 0 radical (unpaired) electrons. The highest BCUT2D eigenvalue weighted by Gasteiger charge is 2.67. The summed E-state index contributed by atoms with van der Waals surface area (Å²) >= 11 is 0. The van der Waals surface area contributed by atoms with Crippen molar-refractivity contribution in [2.45, 2.75) is 32.6 Å². The van der Waals surface area contributed by atoms with Gasteiger partial charge in [-0.25, -0.2) is 0 Å². The van der Waals surface area contributed by atoms with Gasteiger partial charge in [0.15, 0.2) is 0 Å². The van der Waals surface area contributed by atoms with Gasteiger partial charge in [0.1, 0.15) is 0 Å². The summed E-state index contributed by atoms with van der Waals surface area (Å²) in [6.07, 6.45) is 6.41. The number of rotatable bonds is 0. The van der Waals surface area contributed by atoms with E-state index in [1.165, 1.54) is 35.5 Å². The zero-order valence-electron chi connectivity index (χ0n) is 7.87. The minimum absolute atomic E-state index is 1.09. The van der Waals surface area contributed by atoms with E-state index in [-0.39, 0.29) is 0 Å². The second-order valence-electron chi connectivity index (χ2n) is 5.93. The Labute approximate surface area is 74.7 Å². The van der Waals surface area contributed by atoms with Gasteiger partial charge in [0, 0.05) is 0 Å². The Morgan fingerprint density at radius 1 is 0.833 bits per heavy atom. The molecule has 0 aromatic carbocycles. The molecule has 4 saturated carbocycles. The van der Waals surface area contributed by atoms with Gasteiger partial charge in [-0.1, -0.05) is 13.3 Å². The van der Waals surface area contributed by atoms with Gasteiger partial charge >= 0.3 is 0 Å². The molecule has 0 aromatic heterocycles. The van der Waals surface area contributed by atoms with Crippen LogP contribution in [0.4, 0.5) is 0 Å². The zero-order valence-corrected chi connectivity index (χ0v) is 7.87. The Morgan fingerprint density at radius 3 is 2.58 bits per heavy atom. The van der Waals surface area contributed by atoms with Gasteiger partial charge in [-0.05, 0) is 60.7 Å². The van der Waals surface area contributed by atoms with Crippen LogP contribution in [0.3, 0.4) is 0 Å². The molecule has 66 valence electrons. The molecule has 0 heteroatoms. The SMILES string of the molecule is C[C@@H]1CC[C@H]2[C@@H]3[C@@H](C[C@@H]4C[C@@H]43)[C@H]21. The number of fused-ring (bicyclic) bond motifs is 6. The highest BCUT2D eigenvalue weighted by Crippen LogP contribution is 2.73. The summed E-state index contributed by atoms with van der Waals surface area (Å²) in [5.74, 6) is 8.42. The van der Waals surface area contributed by atoms with Gasteiger partial charge in [-0.2, -0.15) is 0 Å². The molecule has 7 atom stereocenters. The third-order valence-electron chi connectivity index (χ3n) is 5.64. The third-order valence-corrected chi connectivity index (χ3v) is 5.64. The van der Waals surface area contributed by atoms with Crippen molar-refractivity contribution < 1.29 is 0 Å². The van der Waals surface area contributed by atoms with Crippen LogP contribution in [0.5, 0.6) is 0 Å². The Balaban J connectivity index is 1.67. The quantitative estimate of drug-likeness (QED) is 0.514. The van der Waals surface area contributed by atoms with Crippen molar-refractivity contribution in [1.82, 2.24) is 0 Å². The van der Waals surface area contributed by atoms with Crippen molar-refractivity contribution in [2.75, 3.05) is 0 Å². The zero-order chi connectivity index (χ0) is 7.87. The average Bonchev–Trinajstić information content (AvgIpc) is 2.57. The summed E-state index contributed by atoms with van der Waals surface area (Å²) in [6.45, 7) is 2.50. The van der Waals surface area contributed by atoms with Crippen LogP contribution in [-0.4, -0.2) is 0 Å². The van der Waals surface area contributed by atoms with Gasteiger partial charge in [0.2, 0.25) is 0 Å². The van der Waals surface area contributed by atoms with Crippen LogP contribution in [0.1, 0.15) is 32.6 Å². The van der Waals surface area contributed by atoms with E-state index >= 15 is 0 Å². The molecule has 4 rings (SSSR count). The maximum Gasteiger partial charge on any atom is -0.0320 e. The van der Waals surface area contributed by atoms with E-state index in [1.807, 2.05) is 0 Å². The molecular formula is C12H18. The molecule has 0 aromatic rings. The molecule has 0 spiro atoms. The summed E-state index contributed by atoms with van der Waals surface area (Å²) in [5, 5.41) is 0. The Kier molecular flexibility index (Phi) is 0.946. The molecule has 0 amide bonds. The molecule has 0 bridgehead atoms. The average molecular weight is 162 g/mol. The van der Waals surface area contributed by atoms with Crippen LogP contribution in [-0.2, 0) is 0 Å². The first-order valence-corrected chi connectivity index (χ1v) is 5.86. The minimum atomic E-state index is 1.09.